The third-order valence-corrected chi connectivity index (χ3v) is 4.70. The molecule has 4 heteroatoms. The number of nitrogens with one attached hydrogen (secondary N) is 1. The van der Waals surface area contributed by atoms with Gasteiger partial charge in [0.2, 0.25) is 0 Å². The molecule has 1 fully saturated rings. The van der Waals surface area contributed by atoms with Crippen molar-refractivity contribution in [2.24, 2.45) is 5.92 Å². The monoisotopic (exact) mass is 274 g/mol. The van der Waals surface area contributed by atoms with Crippen LogP contribution in [0.2, 0.25) is 0 Å². The zero-order valence-corrected chi connectivity index (χ0v) is 13.2. The van der Waals surface area contributed by atoms with Gasteiger partial charge in [-0.05, 0) is 25.4 Å². The zero-order chi connectivity index (χ0) is 13.6. The van der Waals surface area contributed by atoms with Crippen LogP contribution < -0.4 is 5.32 Å². The largest absolute Gasteiger partial charge is 0.390 e. The standard InChI is InChI=1S/C14H30N2OS/c1-12(2)9-15-10-13(17)11-16-6-5-14(3,4)18-8-7-16/h12-13,15,17H,5-11H2,1-4H3. The Labute approximate surface area is 117 Å². The lowest BCUT2D eigenvalue weighted by Gasteiger charge is -2.24. The number of thioether (sulfide) groups is 1. The fourth-order valence-electron chi connectivity index (χ4n) is 2.15. The lowest BCUT2D eigenvalue weighted by Crippen LogP contribution is -2.40. The molecule has 0 radical (unpaired) electrons. The molecule has 0 aromatic heterocycles. The minimum atomic E-state index is -0.241. The summed E-state index contributed by atoms with van der Waals surface area (Å²) in [6.07, 6.45) is 0.971. The molecule has 1 aliphatic rings. The lowest BCUT2D eigenvalue weighted by molar-refractivity contribution is 0.113. The molecule has 0 aromatic rings. The van der Waals surface area contributed by atoms with Gasteiger partial charge in [0.15, 0.2) is 0 Å². The number of hydrogen-bond acceptors (Lipinski definition) is 4. The van der Waals surface area contributed by atoms with Crippen LogP contribution in [0.5, 0.6) is 0 Å². The molecular weight excluding hydrogens is 244 g/mol. The Balaban J connectivity index is 2.21. The van der Waals surface area contributed by atoms with Gasteiger partial charge in [0.25, 0.3) is 0 Å². The first-order valence-electron chi connectivity index (χ1n) is 7.14. The summed E-state index contributed by atoms with van der Waals surface area (Å²) in [5.41, 5.74) is 0. The van der Waals surface area contributed by atoms with Crippen molar-refractivity contribution in [3.05, 3.63) is 0 Å². The van der Waals surface area contributed by atoms with Crippen molar-refractivity contribution in [2.45, 2.75) is 45.0 Å². The molecule has 1 aliphatic heterocycles. The number of nitrogens with zero attached hydrogens (tertiary/aromatic N) is 1. The van der Waals surface area contributed by atoms with E-state index < -0.39 is 0 Å². The molecule has 108 valence electrons. The molecule has 0 saturated carbocycles. The van der Waals surface area contributed by atoms with E-state index in [0.717, 1.165) is 26.2 Å². The van der Waals surface area contributed by atoms with Crippen LogP contribution in [0, 0.1) is 5.92 Å². The molecule has 1 atom stereocenters. The van der Waals surface area contributed by atoms with Gasteiger partial charge in [-0.15, -0.1) is 0 Å². The normalized spacial score (nSPS) is 23.0. The van der Waals surface area contributed by atoms with Crippen molar-refractivity contribution in [1.29, 1.82) is 0 Å². The maximum Gasteiger partial charge on any atom is 0.0791 e. The van der Waals surface area contributed by atoms with Crippen molar-refractivity contribution in [2.75, 3.05) is 38.5 Å². The first-order valence-corrected chi connectivity index (χ1v) is 8.13. The summed E-state index contributed by atoms with van der Waals surface area (Å²) < 4.78 is 0.398. The number of rotatable bonds is 6. The lowest BCUT2D eigenvalue weighted by atomic mass is 10.1. The molecule has 1 saturated heterocycles. The molecule has 0 bridgehead atoms. The van der Waals surface area contributed by atoms with E-state index in [1.54, 1.807) is 0 Å². The highest BCUT2D eigenvalue weighted by Crippen LogP contribution is 2.30. The highest BCUT2D eigenvalue weighted by Gasteiger charge is 2.24. The molecule has 0 aliphatic carbocycles. The second-order valence-corrected chi connectivity index (χ2v) is 8.17. The Morgan fingerprint density at radius 2 is 2.00 bits per heavy atom. The second kappa shape index (κ2) is 7.73. The van der Waals surface area contributed by atoms with Crippen LogP contribution >= 0.6 is 11.8 Å². The number of aliphatic hydroxyl groups excluding tert-OH is 1. The average molecular weight is 274 g/mol. The summed E-state index contributed by atoms with van der Waals surface area (Å²) in [5, 5.41) is 13.3. The van der Waals surface area contributed by atoms with E-state index >= 15 is 0 Å². The number of β-amino-alcohol motifs (C(OH)–C–C–N with tert-alkyl or cyclic N) is 1. The van der Waals surface area contributed by atoms with Gasteiger partial charge in [0.05, 0.1) is 6.10 Å². The third kappa shape index (κ3) is 6.98. The van der Waals surface area contributed by atoms with E-state index in [4.69, 9.17) is 0 Å². The minimum absolute atomic E-state index is 0.241. The highest BCUT2D eigenvalue weighted by atomic mass is 32.2. The Hall–Kier alpha value is 0.230. The third-order valence-electron chi connectivity index (χ3n) is 3.33. The van der Waals surface area contributed by atoms with Gasteiger partial charge in [-0.1, -0.05) is 27.7 Å². The van der Waals surface area contributed by atoms with Gasteiger partial charge in [-0.2, -0.15) is 11.8 Å². The van der Waals surface area contributed by atoms with E-state index in [1.165, 1.54) is 12.2 Å². The van der Waals surface area contributed by atoms with Crippen LogP contribution in [0.15, 0.2) is 0 Å². The van der Waals surface area contributed by atoms with E-state index in [2.05, 4.69) is 49.7 Å². The number of aliphatic hydroxyl groups is 1. The Bertz CT molecular complexity index is 234. The van der Waals surface area contributed by atoms with Gasteiger partial charge in [0, 0.05) is 30.1 Å². The van der Waals surface area contributed by atoms with Crippen LogP contribution in [0.1, 0.15) is 34.1 Å². The summed E-state index contributed by atoms with van der Waals surface area (Å²) >= 11 is 2.05. The molecule has 1 heterocycles. The molecule has 1 rings (SSSR count). The predicted molar refractivity (Wildman–Crippen MR) is 81.3 cm³/mol. The topological polar surface area (TPSA) is 35.5 Å². The molecular formula is C14H30N2OS. The quantitative estimate of drug-likeness (QED) is 0.774. The Morgan fingerprint density at radius 1 is 1.28 bits per heavy atom. The van der Waals surface area contributed by atoms with Gasteiger partial charge >= 0.3 is 0 Å². The van der Waals surface area contributed by atoms with Crippen LogP contribution in [0.25, 0.3) is 0 Å². The van der Waals surface area contributed by atoms with Crippen LogP contribution in [-0.4, -0.2) is 59.3 Å². The van der Waals surface area contributed by atoms with E-state index in [0.29, 0.717) is 17.2 Å². The van der Waals surface area contributed by atoms with Gasteiger partial charge in [-0.3, -0.25) is 4.90 Å². The number of hydrogen-bond donors (Lipinski definition) is 2. The molecule has 18 heavy (non-hydrogen) atoms. The fraction of sp³-hybridized carbons (Fsp3) is 1.00. The van der Waals surface area contributed by atoms with Crippen molar-refractivity contribution >= 4 is 11.8 Å². The zero-order valence-electron chi connectivity index (χ0n) is 12.4. The Morgan fingerprint density at radius 3 is 2.67 bits per heavy atom. The van der Waals surface area contributed by atoms with Crippen molar-refractivity contribution in [3.63, 3.8) is 0 Å². The van der Waals surface area contributed by atoms with Crippen LogP contribution in [0.4, 0.5) is 0 Å². The molecule has 1 unspecified atom stereocenters. The van der Waals surface area contributed by atoms with Crippen molar-refractivity contribution < 1.29 is 5.11 Å². The van der Waals surface area contributed by atoms with Crippen molar-refractivity contribution in [1.82, 2.24) is 10.2 Å². The van der Waals surface area contributed by atoms with Gasteiger partial charge < -0.3 is 10.4 Å². The summed E-state index contributed by atoms with van der Waals surface area (Å²) in [6, 6.07) is 0. The minimum Gasteiger partial charge on any atom is -0.390 e. The summed E-state index contributed by atoms with van der Waals surface area (Å²) in [4.78, 5) is 2.41. The second-order valence-electron chi connectivity index (χ2n) is 6.36. The Kier molecular flexibility index (Phi) is 6.99. The molecule has 2 N–H and O–H groups in total. The predicted octanol–water partition coefficient (Wildman–Crippen LogP) is 1.81. The summed E-state index contributed by atoms with van der Waals surface area (Å²) in [5.74, 6) is 1.83. The molecule has 3 nitrogen and oxygen atoms in total. The van der Waals surface area contributed by atoms with Crippen LogP contribution in [-0.2, 0) is 0 Å². The fourth-order valence-corrected chi connectivity index (χ4v) is 3.28. The average Bonchev–Trinajstić information content (AvgIpc) is 2.40. The first-order chi connectivity index (χ1) is 8.39. The van der Waals surface area contributed by atoms with E-state index in [9.17, 15) is 5.11 Å². The maximum absolute atomic E-state index is 10.0. The molecule has 0 amide bonds. The summed E-state index contributed by atoms with van der Waals surface area (Å²) in [6.45, 7) is 13.7. The van der Waals surface area contributed by atoms with Gasteiger partial charge in [-0.25, -0.2) is 0 Å². The highest BCUT2D eigenvalue weighted by molar-refractivity contribution is 8.00. The maximum atomic E-state index is 10.0. The molecule has 0 aromatic carbocycles. The van der Waals surface area contributed by atoms with Gasteiger partial charge in [0.1, 0.15) is 0 Å². The van der Waals surface area contributed by atoms with E-state index in [1.807, 2.05) is 0 Å². The molecule has 0 spiro atoms. The first kappa shape index (κ1) is 16.3. The van der Waals surface area contributed by atoms with Crippen LogP contribution in [0.3, 0.4) is 0 Å². The van der Waals surface area contributed by atoms with Crippen molar-refractivity contribution in [3.8, 4) is 0 Å². The summed E-state index contributed by atoms with van der Waals surface area (Å²) in [7, 11) is 0. The van der Waals surface area contributed by atoms with E-state index in [-0.39, 0.29) is 6.10 Å². The SMILES string of the molecule is CC(C)CNCC(O)CN1CCSC(C)(C)CC1. The smallest absolute Gasteiger partial charge is 0.0791 e.